The van der Waals surface area contributed by atoms with Gasteiger partial charge in [0.05, 0.1) is 7.11 Å². The van der Waals surface area contributed by atoms with Crippen LogP contribution in [0.1, 0.15) is 11.1 Å². The lowest BCUT2D eigenvalue weighted by Crippen LogP contribution is -2.00. The van der Waals surface area contributed by atoms with E-state index in [1.165, 1.54) is 13.3 Å². The molecule has 0 aliphatic carbocycles. The molecule has 2 rings (SSSR count). The predicted octanol–water partition coefficient (Wildman–Crippen LogP) is 3.49. The van der Waals surface area contributed by atoms with Crippen molar-refractivity contribution >= 4 is 17.8 Å². The summed E-state index contributed by atoms with van der Waals surface area (Å²) < 4.78 is 11.8. The molecule has 4 nitrogen and oxygen atoms in total. The van der Waals surface area contributed by atoms with Crippen LogP contribution in [0.15, 0.2) is 42.5 Å². The van der Waals surface area contributed by atoms with Gasteiger partial charge < -0.3 is 14.7 Å². The summed E-state index contributed by atoms with van der Waals surface area (Å²) in [5.41, 5.74) is 1.76. The first-order valence-corrected chi connectivity index (χ1v) is 6.76. The highest BCUT2D eigenvalue weighted by molar-refractivity contribution is 6.30. The summed E-state index contributed by atoms with van der Waals surface area (Å²) in [4.78, 5) is 0. The summed E-state index contributed by atoms with van der Waals surface area (Å²) in [5, 5.41) is 11.7. The molecule has 2 aromatic rings. The van der Waals surface area contributed by atoms with E-state index in [0.717, 1.165) is 15.9 Å². The lowest BCUT2D eigenvalue weighted by atomic mass is 10.2. The first-order valence-electron chi connectivity index (χ1n) is 6.38. The lowest BCUT2D eigenvalue weighted by Gasteiger charge is -2.11. The van der Waals surface area contributed by atoms with Crippen molar-refractivity contribution in [3.8, 4) is 11.5 Å². The molecule has 0 bridgehead atoms. The largest absolute Gasteiger partial charge is 0.624 e. The van der Waals surface area contributed by atoms with E-state index >= 15 is 0 Å². The minimum absolute atomic E-state index is 0.415. The first kappa shape index (κ1) is 15.2. The van der Waals surface area contributed by atoms with E-state index < -0.39 is 0 Å². The van der Waals surface area contributed by atoms with Gasteiger partial charge in [0.2, 0.25) is 0 Å². The Morgan fingerprint density at radius 3 is 2.48 bits per heavy atom. The molecular weight excluding hydrogens is 290 g/mol. The molecule has 0 N–H and O–H groups in total. The van der Waals surface area contributed by atoms with Crippen molar-refractivity contribution in [2.24, 2.45) is 0 Å². The molecule has 2 aromatic carbocycles. The molecule has 0 heterocycles. The molecule has 0 aliphatic rings. The first-order chi connectivity index (χ1) is 10.1. The molecule has 0 saturated heterocycles. The Kier molecular flexibility index (Phi) is 5.06. The second kappa shape index (κ2) is 6.99. The van der Waals surface area contributed by atoms with Crippen LogP contribution in [0.2, 0.25) is 5.02 Å². The third kappa shape index (κ3) is 4.39. The number of ether oxygens (including phenoxy) is 2. The number of halogens is 1. The molecule has 0 spiro atoms. The topological polar surface area (TPSA) is 44.5 Å². The van der Waals surface area contributed by atoms with E-state index in [9.17, 15) is 5.21 Å². The van der Waals surface area contributed by atoms with Gasteiger partial charge in [-0.3, -0.25) is 0 Å². The number of nitrogens with zero attached hydrogens (tertiary/aromatic N) is 1. The Bertz CT molecular complexity index is 634. The zero-order valence-electron chi connectivity index (χ0n) is 11.9. The molecule has 5 heteroatoms. The fraction of sp³-hybridized carbons (Fsp3) is 0.188. The molecule has 0 saturated carbocycles. The average Bonchev–Trinajstić information content (AvgIpc) is 2.47. The molecule has 0 aliphatic heterocycles. The van der Waals surface area contributed by atoms with E-state index in [-0.39, 0.29) is 0 Å². The highest BCUT2D eigenvalue weighted by Gasteiger charge is 2.06. The smallest absolute Gasteiger partial charge is 0.181 e. The quantitative estimate of drug-likeness (QED) is 0.368. The maximum atomic E-state index is 11.0. The zero-order valence-corrected chi connectivity index (χ0v) is 12.6. The molecular formula is C16H16ClNO3. The fourth-order valence-electron chi connectivity index (χ4n) is 1.84. The SMILES string of the molecule is COc1cc(/C=[N+](/C)[O-])ccc1OCc1ccc(Cl)cc1. The number of benzene rings is 2. The summed E-state index contributed by atoms with van der Waals surface area (Å²) in [6, 6.07) is 12.8. The summed E-state index contributed by atoms with van der Waals surface area (Å²) in [5.74, 6) is 1.21. The van der Waals surface area contributed by atoms with Gasteiger partial charge in [-0.15, -0.1) is 0 Å². The van der Waals surface area contributed by atoms with Crippen LogP contribution in [0.25, 0.3) is 0 Å². The van der Waals surface area contributed by atoms with E-state index in [1.54, 1.807) is 25.3 Å². The summed E-state index contributed by atoms with van der Waals surface area (Å²) in [6.45, 7) is 0.415. The Morgan fingerprint density at radius 1 is 1.14 bits per heavy atom. The maximum Gasteiger partial charge on any atom is 0.181 e. The Balaban J connectivity index is 2.12. The maximum absolute atomic E-state index is 11.0. The van der Waals surface area contributed by atoms with Gasteiger partial charge in [-0.1, -0.05) is 23.7 Å². The molecule has 110 valence electrons. The van der Waals surface area contributed by atoms with Crippen LogP contribution < -0.4 is 9.47 Å². The van der Waals surface area contributed by atoms with Crippen LogP contribution in [-0.2, 0) is 6.61 Å². The van der Waals surface area contributed by atoms with Gasteiger partial charge in [0.25, 0.3) is 0 Å². The highest BCUT2D eigenvalue weighted by atomic mass is 35.5. The Labute approximate surface area is 128 Å². The number of rotatable bonds is 5. The van der Waals surface area contributed by atoms with Crippen molar-refractivity contribution in [1.82, 2.24) is 0 Å². The Morgan fingerprint density at radius 2 is 1.86 bits per heavy atom. The Hall–Kier alpha value is -2.20. The third-order valence-electron chi connectivity index (χ3n) is 2.83. The monoisotopic (exact) mass is 305 g/mol. The molecule has 0 fully saturated rings. The fourth-order valence-corrected chi connectivity index (χ4v) is 1.96. The molecule has 0 amide bonds. The van der Waals surface area contributed by atoms with Crippen LogP contribution in [-0.4, -0.2) is 25.1 Å². The zero-order chi connectivity index (χ0) is 15.2. The molecule has 0 unspecified atom stereocenters. The van der Waals surface area contributed by atoms with Crippen molar-refractivity contribution in [3.05, 3.63) is 63.8 Å². The standard InChI is InChI=1S/C16H16ClNO3/c1-18(19)10-13-5-8-15(16(9-13)20-2)21-11-12-3-6-14(17)7-4-12/h3-10H,11H2,1-2H3/b18-10-. The number of methoxy groups -OCH3 is 1. The number of hydrogen-bond acceptors (Lipinski definition) is 3. The van der Waals surface area contributed by atoms with E-state index in [1.807, 2.05) is 24.3 Å². The van der Waals surface area contributed by atoms with Crippen LogP contribution in [0.5, 0.6) is 11.5 Å². The normalized spacial score (nSPS) is 11.3. The molecule has 0 atom stereocenters. The lowest BCUT2D eigenvalue weighted by molar-refractivity contribution is -0.416. The average molecular weight is 306 g/mol. The molecule has 0 radical (unpaired) electrons. The van der Waals surface area contributed by atoms with Gasteiger partial charge in [-0.2, -0.15) is 0 Å². The van der Waals surface area contributed by atoms with Crippen molar-refractivity contribution in [1.29, 1.82) is 0 Å². The van der Waals surface area contributed by atoms with Crippen molar-refractivity contribution in [3.63, 3.8) is 0 Å². The van der Waals surface area contributed by atoms with Crippen LogP contribution in [0, 0.1) is 5.21 Å². The summed E-state index contributed by atoms with van der Waals surface area (Å²) >= 11 is 5.84. The van der Waals surface area contributed by atoms with Gasteiger partial charge in [0, 0.05) is 10.6 Å². The van der Waals surface area contributed by atoms with E-state index in [2.05, 4.69) is 0 Å². The predicted molar refractivity (Wildman–Crippen MR) is 83.5 cm³/mol. The second-order valence-corrected chi connectivity index (χ2v) is 4.94. The van der Waals surface area contributed by atoms with Gasteiger partial charge in [-0.25, -0.2) is 4.74 Å². The van der Waals surface area contributed by atoms with Crippen LogP contribution >= 0.6 is 11.6 Å². The van der Waals surface area contributed by atoms with Gasteiger partial charge >= 0.3 is 0 Å². The van der Waals surface area contributed by atoms with Crippen molar-refractivity contribution in [2.75, 3.05) is 14.2 Å². The van der Waals surface area contributed by atoms with Crippen molar-refractivity contribution in [2.45, 2.75) is 6.61 Å². The van der Waals surface area contributed by atoms with E-state index in [0.29, 0.717) is 23.1 Å². The summed E-state index contributed by atoms with van der Waals surface area (Å²) in [6.07, 6.45) is 1.46. The summed E-state index contributed by atoms with van der Waals surface area (Å²) in [7, 11) is 2.99. The number of hydroxylamine groups is 1. The molecule has 21 heavy (non-hydrogen) atoms. The minimum Gasteiger partial charge on any atom is -0.624 e. The van der Waals surface area contributed by atoms with Crippen molar-refractivity contribution < 1.29 is 14.2 Å². The highest BCUT2D eigenvalue weighted by Crippen LogP contribution is 2.28. The third-order valence-corrected chi connectivity index (χ3v) is 3.08. The molecule has 0 aromatic heterocycles. The van der Waals surface area contributed by atoms with Gasteiger partial charge in [0.15, 0.2) is 17.7 Å². The second-order valence-electron chi connectivity index (χ2n) is 4.50. The van der Waals surface area contributed by atoms with Gasteiger partial charge in [0.1, 0.15) is 13.7 Å². The van der Waals surface area contributed by atoms with E-state index in [4.69, 9.17) is 21.1 Å². The van der Waals surface area contributed by atoms with Crippen LogP contribution in [0.4, 0.5) is 0 Å². The van der Waals surface area contributed by atoms with Gasteiger partial charge in [-0.05, 0) is 35.9 Å². The van der Waals surface area contributed by atoms with Crippen LogP contribution in [0.3, 0.4) is 0 Å². The number of hydrogen-bond donors (Lipinski definition) is 0. The minimum atomic E-state index is 0.415.